The van der Waals surface area contributed by atoms with E-state index in [0.29, 0.717) is 19.6 Å². The van der Waals surface area contributed by atoms with Crippen molar-refractivity contribution in [3.8, 4) is 0 Å². The highest BCUT2D eigenvalue weighted by Gasteiger charge is 2.33. The minimum absolute atomic E-state index is 0.00396. The van der Waals surface area contributed by atoms with Gasteiger partial charge in [-0.2, -0.15) is 0 Å². The number of rotatable bonds is 5. The molecule has 0 aromatic rings. The number of hydrogen-bond acceptors (Lipinski definition) is 4. The molecule has 1 saturated heterocycles. The first-order valence-corrected chi connectivity index (χ1v) is 8.96. The molecule has 0 aromatic heterocycles. The van der Waals surface area contributed by atoms with Crippen molar-refractivity contribution in [2.45, 2.75) is 72.6 Å². The highest BCUT2D eigenvalue weighted by Crippen LogP contribution is 2.22. The molecule has 24 heavy (non-hydrogen) atoms. The van der Waals surface area contributed by atoms with Gasteiger partial charge < -0.3 is 20.3 Å². The lowest BCUT2D eigenvalue weighted by Gasteiger charge is -2.32. The van der Waals surface area contributed by atoms with E-state index < -0.39 is 11.6 Å². The Morgan fingerprint density at radius 3 is 2.29 bits per heavy atom. The first kappa shape index (κ1) is 20.7. The number of amides is 2. The highest BCUT2D eigenvalue weighted by molar-refractivity contribution is 5.82. The van der Waals surface area contributed by atoms with Crippen molar-refractivity contribution in [1.82, 2.24) is 9.80 Å². The molecule has 1 rings (SSSR count). The molecule has 2 N–H and O–H groups in total. The summed E-state index contributed by atoms with van der Waals surface area (Å²) >= 11 is 0. The summed E-state index contributed by atoms with van der Waals surface area (Å²) in [6, 6.07) is -0.381. The van der Waals surface area contributed by atoms with Gasteiger partial charge in [-0.15, -0.1) is 0 Å². The Bertz CT molecular complexity index is 443. The maximum absolute atomic E-state index is 12.6. The zero-order valence-electron chi connectivity index (χ0n) is 16.3. The molecule has 0 spiro atoms. The van der Waals surface area contributed by atoms with Gasteiger partial charge >= 0.3 is 6.09 Å². The molecule has 1 aliphatic heterocycles. The number of nitrogens with two attached hydrogens (primary N) is 1. The zero-order valence-corrected chi connectivity index (χ0v) is 16.3. The lowest BCUT2D eigenvalue weighted by atomic mass is 10.0. The van der Waals surface area contributed by atoms with Crippen LogP contribution in [0, 0.1) is 11.8 Å². The molecule has 6 nitrogen and oxygen atoms in total. The molecule has 2 amide bonds. The van der Waals surface area contributed by atoms with Crippen molar-refractivity contribution in [2.24, 2.45) is 17.6 Å². The first-order valence-electron chi connectivity index (χ1n) is 8.96. The smallest absolute Gasteiger partial charge is 0.410 e. The second-order valence-corrected chi connectivity index (χ2v) is 8.44. The van der Waals surface area contributed by atoms with E-state index in [-0.39, 0.29) is 29.9 Å². The normalized spacial score (nSPS) is 19.8. The summed E-state index contributed by atoms with van der Waals surface area (Å²) < 4.78 is 5.43. The molecule has 0 saturated carbocycles. The van der Waals surface area contributed by atoms with Crippen molar-refractivity contribution >= 4 is 12.0 Å². The molecular formula is C18H35N3O3. The second kappa shape index (κ2) is 8.19. The Morgan fingerprint density at radius 2 is 1.83 bits per heavy atom. The van der Waals surface area contributed by atoms with Gasteiger partial charge in [0.05, 0.1) is 6.04 Å². The van der Waals surface area contributed by atoms with Crippen LogP contribution in [0.4, 0.5) is 4.79 Å². The number of carbonyl (C=O) groups excluding carboxylic acids is 2. The molecule has 0 radical (unpaired) electrons. The van der Waals surface area contributed by atoms with E-state index in [1.165, 1.54) is 0 Å². The van der Waals surface area contributed by atoms with E-state index in [1.807, 2.05) is 53.4 Å². The van der Waals surface area contributed by atoms with Gasteiger partial charge in [0.2, 0.25) is 5.91 Å². The summed E-state index contributed by atoms with van der Waals surface area (Å²) in [5, 5.41) is 0. The largest absolute Gasteiger partial charge is 0.444 e. The molecule has 1 fully saturated rings. The number of likely N-dealkylation sites (tertiary alicyclic amines) is 1. The summed E-state index contributed by atoms with van der Waals surface area (Å²) in [6.07, 6.45) is 0.610. The standard InChI is InChI=1S/C18H35N3O3/c1-12(2)15(19)16(22)21(13(3)4)11-14-8-9-20(10-14)17(23)24-18(5,6)7/h12-15H,8-11,19H2,1-7H3/t14-,15-/m0/s1. The minimum atomic E-state index is -0.487. The summed E-state index contributed by atoms with van der Waals surface area (Å²) in [4.78, 5) is 28.4. The summed E-state index contributed by atoms with van der Waals surface area (Å²) in [6.45, 7) is 15.5. The average molecular weight is 341 g/mol. The molecule has 0 unspecified atom stereocenters. The molecule has 1 aliphatic rings. The average Bonchev–Trinajstić information content (AvgIpc) is 2.89. The summed E-state index contributed by atoms with van der Waals surface area (Å²) in [5.74, 6) is 0.375. The van der Waals surface area contributed by atoms with E-state index in [9.17, 15) is 9.59 Å². The number of carbonyl (C=O) groups is 2. The van der Waals surface area contributed by atoms with Crippen LogP contribution in [0.1, 0.15) is 54.9 Å². The van der Waals surface area contributed by atoms with Crippen LogP contribution in [-0.2, 0) is 9.53 Å². The number of ether oxygens (including phenoxy) is 1. The van der Waals surface area contributed by atoms with Gasteiger partial charge in [-0.3, -0.25) is 4.79 Å². The quantitative estimate of drug-likeness (QED) is 0.833. The molecule has 1 heterocycles. The van der Waals surface area contributed by atoms with Crippen LogP contribution < -0.4 is 5.73 Å². The van der Waals surface area contributed by atoms with Crippen molar-refractivity contribution < 1.29 is 14.3 Å². The van der Waals surface area contributed by atoms with Crippen LogP contribution in [0.2, 0.25) is 0 Å². The van der Waals surface area contributed by atoms with Crippen LogP contribution in [-0.4, -0.2) is 59.1 Å². The Kier molecular flexibility index (Phi) is 7.08. The lowest BCUT2D eigenvalue weighted by molar-refractivity contribution is -0.135. The SMILES string of the molecule is CC(C)[C@H](N)C(=O)N(C[C@H]1CCN(C(=O)OC(C)(C)C)C1)C(C)C. The fourth-order valence-corrected chi connectivity index (χ4v) is 2.78. The van der Waals surface area contributed by atoms with Gasteiger partial charge in [0.25, 0.3) is 0 Å². The molecule has 140 valence electrons. The monoisotopic (exact) mass is 341 g/mol. The topological polar surface area (TPSA) is 75.9 Å². The number of nitrogens with zero attached hydrogens (tertiary/aromatic N) is 2. The predicted octanol–water partition coefficient (Wildman–Crippen LogP) is 2.46. The van der Waals surface area contributed by atoms with Gasteiger partial charge in [-0.25, -0.2) is 4.79 Å². The Labute approximate surface area is 146 Å². The van der Waals surface area contributed by atoms with E-state index in [0.717, 1.165) is 6.42 Å². The molecular weight excluding hydrogens is 306 g/mol. The van der Waals surface area contributed by atoms with Gasteiger partial charge in [-0.05, 0) is 52.9 Å². The molecule has 2 atom stereocenters. The van der Waals surface area contributed by atoms with Gasteiger partial charge in [0.1, 0.15) is 5.60 Å². The van der Waals surface area contributed by atoms with Crippen molar-refractivity contribution in [3.63, 3.8) is 0 Å². The van der Waals surface area contributed by atoms with Gasteiger partial charge in [0.15, 0.2) is 0 Å². The Balaban J connectivity index is 2.64. The van der Waals surface area contributed by atoms with Crippen molar-refractivity contribution in [3.05, 3.63) is 0 Å². The minimum Gasteiger partial charge on any atom is -0.444 e. The zero-order chi connectivity index (χ0) is 18.7. The lowest BCUT2D eigenvalue weighted by Crippen LogP contribution is -2.51. The van der Waals surface area contributed by atoms with Crippen molar-refractivity contribution in [2.75, 3.05) is 19.6 Å². The van der Waals surface area contributed by atoms with Crippen LogP contribution in [0.25, 0.3) is 0 Å². The summed E-state index contributed by atoms with van der Waals surface area (Å²) in [5.41, 5.74) is 5.56. The van der Waals surface area contributed by atoms with Crippen LogP contribution in [0.15, 0.2) is 0 Å². The van der Waals surface area contributed by atoms with Crippen LogP contribution in [0.5, 0.6) is 0 Å². The molecule has 0 aliphatic carbocycles. The predicted molar refractivity (Wildman–Crippen MR) is 95.6 cm³/mol. The molecule has 0 aromatic carbocycles. The second-order valence-electron chi connectivity index (χ2n) is 8.44. The third-order valence-electron chi connectivity index (χ3n) is 4.30. The third-order valence-corrected chi connectivity index (χ3v) is 4.30. The summed E-state index contributed by atoms with van der Waals surface area (Å²) in [7, 11) is 0. The fourth-order valence-electron chi connectivity index (χ4n) is 2.78. The number of hydrogen-bond donors (Lipinski definition) is 1. The van der Waals surface area contributed by atoms with E-state index in [4.69, 9.17) is 10.5 Å². The fraction of sp³-hybridized carbons (Fsp3) is 0.889. The third kappa shape index (κ3) is 5.96. The van der Waals surface area contributed by atoms with E-state index in [2.05, 4.69) is 0 Å². The first-order chi connectivity index (χ1) is 10.9. The Morgan fingerprint density at radius 1 is 1.25 bits per heavy atom. The van der Waals surface area contributed by atoms with Gasteiger partial charge in [-0.1, -0.05) is 13.8 Å². The van der Waals surface area contributed by atoms with E-state index >= 15 is 0 Å². The van der Waals surface area contributed by atoms with Crippen LogP contribution in [0.3, 0.4) is 0 Å². The Hall–Kier alpha value is -1.30. The van der Waals surface area contributed by atoms with E-state index in [1.54, 1.807) is 4.90 Å². The van der Waals surface area contributed by atoms with Crippen LogP contribution >= 0.6 is 0 Å². The maximum atomic E-state index is 12.6. The maximum Gasteiger partial charge on any atom is 0.410 e. The highest BCUT2D eigenvalue weighted by atomic mass is 16.6. The van der Waals surface area contributed by atoms with Crippen molar-refractivity contribution in [1.29, 1.82) is 0 Å². The molecule has 0 bridgehead atoms. The molecule has 6 heteroatoms. The van der Waals surface area contributed by atoms with Gasteiger partial charge in [0, 0.05) is 25.7 Å².